The largest absolute Gasteiger partial charge is 0.288 e. The zero-order chi connectivity index (χ0) is 13.7. The second-order valence-electron chi connectivity index (χ2n) is 5.20. The van der Waals surface area contributed by atoms with E-state index in [9.17, 15) is 0 Å². The molecule has 0 spiro atoms. The molecule has 0 atom stereocenters. The Morgan fingerprint density at radius 1 is 0.789 bits per heavy atom. The maximum atomic E-state index is 2.29. The summed E-state index contributed by atoms with van der Waals surface area (Å²) in [5, 5.41) is 0. The Balaban J connectivity index is 2.38. The van der Waals surface area contributed by atoms with Crippen LogP contribution in [0.4, 0.5) is 5.69 Å². The highest BCUT2D eigenvalue weighted by Gasteiger charge is 2.27. The molecule has 0 fully saturated rings. The van der Waals surface area contributed by atoms with E-state index in [2.05, 4.69) is 75.4 Å². The van der Waals surface area contributed by atoms with E-state index in [1.54, 1.807) is 0 Å². The Morgan fingerprint density at radius 2 is 1.37 bits per heavy atom. The van der Waals surface area contributed by atoms with Crippen molar-refractivity contribution in [2.45, 2.75) is 27.3 Å². The number of para-hydroxylation sites is 1. The van der Waals surface area contributed by atoms with Crippen molar-refractivity contribution >= 4 is 5.69 Å². The molecule has 100 valence electrons. The van der Waals surface area contributed by atoms with Crippen LogP contribution < -0.4 is 4.48 Å². The Labute approximate surface area is 117 Å². The lowest BCUT2D eigenvalue weighted by molar-refractivity contribution is 0.291. The molecule has 2 aromatic carbocycles. The molecule has 0 radical (unpaired) electrons. The first kappa shape index (κ1) is 13.8. The van der Waals surface area contributed by atoms with Crippen LogP contribution in [0.15, 0.2) is 54.6 Å². The lowest BCUT2D eigenvalue weighted by atomic mass is 10.1. The molecule has 0 saturated heterocycles. The highest BCUT2D eigenvalue weighted by atomic mass is 15.3. The van der Waals surface area contributed by atoms with E-state index >= 15 is 0 Å². The van der Waals surface area contributed by atoms with Gasteiger partial charge in [-0.15, -0.1) is 0 Å². The normalized spacial score (nSPS) is 11.5. The molecule has 0 aliphatic carbocycles. The number of hydrogen-bond acceptors (Lipinski definition) is 0. The van der Waals surface area contributed by atoms with Gasteiger partial charge in [-0.1, -0.05) is 42.5 Å². The Kier molecular flexibility index (Phi) is 4.39. The SMILES string of the molecule is CC[N+](CC)(Cc1ccccc1C)c1ccccc1. The Morgan fingerprint density at radius 3 is 1.95 bits per heavy atom. The van der Waals surface area contributed by atoms with Crippen molar-refractivity contribution in [1.82, 2.24) is 4.48 Å². The minimum atomic E-state index is 1.02. The fraction of sp³-hybridized carbons (Fsp3) is 0.333. The van der Waals surface area contributed by atoms with Gasteiger partial charge in [0.1, 0.15) is 12.2 Å². The molecular formula is C18H24N+. The van der Waals surface area contributed by atoms with E-state index < -0.39 is 0 Å². The van der Waals surface area contributed by atoms with Gasteiger partial charge in [-0.3, -0.25) is 4.48 Å². The minimum absolute atomic E-state index is 1.02. The summed E-state index contributed by atoms with van der Waals surface area (Å²) < 4.78 is 1.02. The molecule has 1 heteroatoms. The van der Waals surface area contributed by atoms with E-state index in [1.165, 1.54) is 16.8 Å². The Hall–Kier alpha value is -1.60. The van der Waals surface area contributed by atoms with E-state index in [1.807, 2.05) is 0 Å². The molecule has 0 bridgehead atoms. The lowest BCUT2D eigenvalue weighted by Gasteiger charge is -2.37. The van der Waals surface area contributed by atoms with Crippen LogP contribution in [0.1, 0.15) is 25.0 Å². The van der Waals surface area contributed by atoms with Crippen molar-refractivity contribution in [3.63, 3.8) is 0 Å². The van der Waals surface area contributed by atoms with Crippen molar-refractivity contribution in [3.05, 3.63) is 65.7 Å². The highest BCUT2D eigenvalue weighted by molar-refractivity contribution is 5.43. The first-order valence-electron chi connectivity index (χ1n) is 7.18. The van der Waals surface area contributed by atoms with Gasteiger partial charge in [0.15, 0.2) is 0 Å². The molecule has 0 aromatic heterocycles. The fourth-order valence-electron chi connectivity index (χ4n) is 2.76. The maximum Gasteiger partial charge on any atom is 0.133 e. The van der Waals surface area contributed by atoms with E-state index in [0.717, 1.165) is 24.1 Å². The second-order valence-corrected chi connectivity index (χ2v) is 5.20. The summed E-state index contributed by atoms with van der Waals surface area (Å²) in [6.07, 6.45) is 0. The van der Waals surface area contributed by atoms with Gasteiger partial charge >= 0.3 is 0 Å². The third-order valence-electron chi connectivity index (χ3n) is 4.25. The van der Waals surface area contributed by atoms with Crippen LogP contribution >= 0.6 is 0 Å². The zero-order valence-electron chi connectivity index (χ0n) is 12.3. The topological polar surface area (TPSA) is 0 Å². The van der Waals surface area contributed by atoms with Gasteiger partial charge < -0.3 is 0 Å². The average molecular weight is 254 g/mol. The Bertz CT molecular complexity index is 512. The molecule has 0 aliphatic heterocycles. The molecule has 1 nitrogen and oxygen atoms in total. The summed E-state index contributed by atoms with van der Waals surface area (Å²) in [4.78, 5) is 0. The first-order chi connectivity index (χ1) is 9.22. The summed E-state index contributed by atoms with van der Waals surface area (Å²) in [6, 6.07) is 19.6. The summed E-state index contributed by atoms with van der Waals surface area (Å²) in [7, 11) is 0. The molecule has 0 saturated carbocycles. The highest BCUT2D eigenvalue weighted by Crippen LogP contribution is 2.26. The van der Waals surface area contributed by atoms with Gasteiger partial charge in [0, 0.05) is 5.56 Å². The summed E-state index contributed by atoms with van der Waals surface area (Å²) in [5.74, 6) is 0. The predicted octanol–water partition coefficient (Wildman–Crippen LogP) is 4.54. The number of benzene rings is 2. The lowest BCUT2D eigenvalue weighted by Crippen LogP contribution is -2.48. The minimum Gasteiger partial charge on any atom is -0.288 e. The van der Waals surface area contributed by atoms with Gasteiger partial charge in [-0.25, -0.2) is 0 Å². The van der Waals surface area contributed by atoms with Crippen LogP contribution in [0, 0.1) is 6.92 Å². The summed E-state index contributed by atoms with van der Waals surface area (Å²) in [6.45, 7) is 10.1. The van der Waals surface area contributed by atoms with E-state index in [0.29, 0.717) is 0 Å². The van der Waals surface area contributed by atoms with Crippen LogP contribution in [-0.2, 0) is 6.54 Å². The molecule has 0 heterocycles. The quantitative estimate of drug-likeness (QED) is 0.687. The fourth-order valence-corrected chi connectivity index (χ4v) is 2.76. The molecular weight excluding hydrogens is 230 g/mol. The first-order valence-corrected chi connectivity index (χ1v) is 7.18. The number of nitrogens with zero attached hydrogens (tertiary/aromatic N) is 1. The molecule has 2 rings (SSSR count). The van der Waals surface area contributed by atoms with Gasteiger partial charge in [-0.05, 0) is 38.5 Å². The molecule has 0 aliphatic rings. The molecule has 19 heavy (non-hydrogen) atoms. The number of rotatable bonds is 5. The standard InChI is InChI=1S/C18H24N/c1-4-19(5-2,18-13-7-6-8-14-18)15-17-12-10-9-11-16(17)3/h6-14H,4-5,15H2,1-3H3/q+1. The maximum absolute atomic E-state index is 2.29. The summed E-state index contributed by atoms with van der Waals surface area (Å²) in [5.41, 5.74) is 4.26. The van der Waals surface area contributed by atoms with Crippen LogP contribution in [-0.4, -0.2) is 13.1 Å². The molecule has 2 aromatic rings. The van der Waals surface area contributed by atoms with Crippen molar-refractivity contribution in [2.24, 2.45) is 0 Å². The third-order valence-corrected chi connectivity index (χ3v) is 4.25. The van der Waals surface area contributed by atoms with Crippen LogP contribution in [0.25, 0.3) is 0 Å². The number of quaternary nitrogens is 1. The van der Waals surface area contributed by atoms with Gasteiger partial charge in [0.05, 0.1) is 13.1 Å². The van der Waals surface area contributed by atoms with Crippen molar-refractivity contribution in [1.29, 1.82) is 0 Å². The number of hydrogen-bond donors (Lipinski definition) is 0. The third kappa shape index (κ3) is 2.87. The van der Waals surface area contributed by atoms with Crippen LogP contribution in [0.2, 0.25) is 0 Å². The summed E-state index contributed by atoms with van der Waals surface area (Å²) >= 11 is 0. The molecule has 0 amide bonds. The van der Waals surface area contributed by atoms with Crippen LogP contribution in [0.3, 0.4) is 0 Å². The molecule has 0 N–H and O–H groups in total. The smallest absolute Gasteiger partial charge is 0.133 e. The van der Waals surface area contributed by atoms with Gasteiger partial charge in [0.25, 0.3) is 0 Å². The molecule has 0 unspecified atom stereocenters. The van der Waals surface area contributed by atoms with Gasteiger partial charge in [0.2, 0.25) is 0 Å². The van der Waals surface area contributed by atoms with Crippen molar-refractivity contribution in [3.8, 4) is 0 Å². The van der Waals surface area contributed by atoms with E-state index in [4.69, 9.17) is 0 Å². The predicted molar refractivity (Wildman–Crippen MR) is 84.2 cm³/mol. The zero-order valence-corrected chi connectivity index (χ0v) is 12.3. The monoisotopic (exact) mass is 254 g/mol. The van der Waals surface area contributed by atoms with E-state index in [-0.39, 0.29) is 0 Å². The second kappa shape index (κ2) is 6.03. The number of aryl methyl sites for hydroxylation is 1. The van der Waals surface area contributed by atoms with Gasteiger partial charge in [-0.2, -0.15) is 0 Å². The van der Waals surface area contributed by atoms with Crippen molar-refractivity contribution < 1.29 is 0 Å². The van der Waals surface area contributed by atoms with Crippen molar-refractivity contribution in [2.75, 3.05) is 13.1 Å². The average Bonchev–Trinajstić information content (AvgIpc) is 2.48. The van der Waals surface area contributed by atoms with Crippen LogP contribution in [0.5, 0.6) is 0 Å².